The first-order valence-corrected chi connectivity index (χ1v) is 7.54. The molecule has 0 radical (unpaired) electrons. The fraction of sp³-hybridized carbons (Fsp3) is 0.308. The molecule has 2 N–H and O–H groups in total. The molecule has 2 unspecified atom stereocenters. The molecule has 0 saturated heterocycles. The molecule has 0 saturated carbocycles. The van der Waals surface area contributed by atoms with Gasteiger partial charge in [-0.25, -0.2) is 0 Å². The van der Waals surface area contributed by atoms with Gasteiger partial charge in [0.2, 0.25) is 0 Å². The smallest absolute Gasteiger partial charge is 0.315 e. The highest BCUT2D eigenvalue weighted by Gasteiger charge is 2.30. The number of rotatable bonds is 5. The average molecular weight is 281 g/mol. The van der Waals surface area contributed by atoms with Crippen molar-refractivity contribution < 1.29 is 9.53 Å². The van der Waals surface area contributed by atoms with Gasteiger partial charge in [0, 0.05) is 4.88 Å². The summed E-state index contributed by atoms with van der Waals surface area (Å²) in [6.45, 7) is 2.18. The van der Waals surface area contributed by atoms with Gasteiger partial charge in [0.1, 0.15) is 5.92 Å². The predicted molar refractivity (Wildman–Crippen MR) is 74.9 cm³/mol. The lowest BCUT2D eigenvalue weighted by Crippen LogP contribution is -2.27. The molecule has 18 heavy (non-hydrogen) atoms. The van der Waals surface area contributed by atoms with Crippen LogP contribution in [0.25, 0.3) is 0 Å². The maximum Gasteiger partial charge on any atom is 0.315 e. The molecule has 0 aliphatic carbocycles. The van der Waals surface area contributed by atoms with Gasteiger partial charge in [-0.3, -0.25) is 4.79 Å². The third-order valence-corrected chi connectivity index (χ3v) is 4.35. The normalized spacial score (nSPS) is 14.1. The molecule has 0 spiro atoms. The maximum atomic E-state index is 12.1. The van der Waals surface area contributed by atoms with Crippen molar-refractivity contribution in [1.82, 2.24) is 0 Å². The summed E-state index contributed by atoms with van der Waals surface area (Å²) in [5, 5.41) is 5.86. The van der Waals surface area contributed by atoms with E-state index in [9.17, 15) is 4.79 Å². The molecule has 2 aromatic rings. The summed E-state index contributed by atoms with van der Waals surface area (Å²) in [5.41, 5.74) is 7.15. The molecule has 96 valence electrons. The van der Waals surface area contributed by atoms with Crippen molar-refractivity contribution in [3.63, 3.8) is 0 Å². The van der Waals surface area contributed by atoms with Crippen molar-refractivity contribution in [3.05, 3.63) is 44.8 Å². The zero-order chi connectivity index (χ0) is 13.0. The lowest BCUT2D eigenvalue weighted by molar-refractivity contribution is -0.145. The van der Waals surface area contributed by atoms with Crippen LogP contribution in [-0.4, -0.2) is 12.6 Å². The summed E-state index contributed by atoms with van der Waals surface area (Å²) in [4.78, 5) is 13.1. The molecule has 3 nitrogen and oxygen atoms in total. The van der Waals surface area contributed by atoms with Gasteiger partial charge in [-0.05, 0) is 40.8 Å². The summed E-state index contributed by atoms with van der Waals surface area (Å²) in [5.74, 6) is -0.674. The van der Waals surface area contributed by atoms with Crippen molar-refractivity contribution in [3.8, 4) is 0 Å². The second-order valence-electron chi connectivity index (χ2n) is 3.83. The molecule has 5 heteroatoms. The molecule has 0 aliphatic heterocycles. The Morgan fingerprint density at radius 3 is 2.83 bits per heavy atom. The van der Waals surface area contributed by atoms with Gasteiger partial charge < -0.3 is 10.5 Å². The van der Waals surface area contributed by atoms with Crippen LogP contribution in [0, 0.1) is 0 Å². The van der Waals surface area contributed by atoms with Gasteiger partial charge in [-0.15, -0.1) is 11.3 Å². The Morgan fingerprint density at radius 1 is 1.44 bits per heavy atom. The highest BCUT2D eigenvalue weighted by Crippen LogP contribution is 2.33. The first-order chi connectivity index (χ1) is 8.74. The van der Waals surface area contributed by atoms with Crippen molar-refractivity contribution in [2.24, 2.45) is 5.73 Å². The Labute approximate surface area is 114 Å². The predicted octanol–water partition coefficient (Wildman–Crippen LogP) is 3.16. The van der Waals surface area contributed by atoms with E-state index in [1.54, 1.807) is 29.6 Å². The third kappa shape index (κ3) is 2.80. The topological polar surface area (TPSA) is 52.3 Å². The molecule has 2 rings (SSSR count). The van der Waals surface area contributed by atoms with Crippen LogP contribution in [0.2, 0.25) is 0 Å². The van der Waals surface area contributed by atoms with Gasteiger partial charge in [0.05, 0.1) is 12.6 Å². The van der Waals surface area contributed by atoms with Gasteiger partial charge >= 0.3 is 5.97 Å². The maximum absolute atomic E-state index is 12.1. The minimum absolute atomic E-state index is 0.253. The zero-order valence-corrected chi connectivity index (χ0v) is 11.7. The van der Waals surface area contributed by atoms with Crippen LogP contribution < -0.4 is 5.73 Å². The number of carbonyl (C=O) groups is 1. The molecule has 2 heterocycles. The number of hydrogen-bond donors (Lipinski definition) is 1. The molecule has 0 amide bonds. The minimum Gasteiger partial charge on any atom is -0.465 e. The minimum atomic E-state index is -0.421. The number of thiophene rings is 2. The fourth-order valence-electron chi connectivity index (χ4n) is 1.82. The molecule has 2 atom stereocenters. The average Bonchev–Trinajstić information content (AvgIpc) is 3.02. The van der Waals surface area contributed by atoms with Crippen LogP contribution in [0.15, 0.2) is 34.3 Å². The molecule has 0 aromatic carbocycles. The summed E-state index contributed by atoms with van der Waals surface area (Å²) in [6.07, 6.45) is 0. The quantitative estimate of drug-likeness (QED) is 0.857. The van der Waals surface area contributed by atoms with Crippen LogP contribution in [0.4, 0.5) is 0 Å². The standard InChI is InChI=1S/C13H15NO2S2/c1-2-16-13(15)11(9-5-7-17-8-9)12(14)10-4-3-6-18-10/h3-8,11-12H,2,14H2,1H3. The number of ether oxygens (including phenoxy) is 1. The summed E-state index contributed by atoms with van der Waals surface area (Å²) in [6, 6.07) is 5.47. The van der Waals surface area contributed by atoms with Crippen LogP contribution in [0.5, 0.6) is 0 Å². The Bertz CT molecular complexity index is 479. The van der Waals surface area contributed by atoms with E-state index in [-0.39, 0.29) is 12.0 Å². The highest BCUT2D eigenvalue weighted by molar-refractivity contribution is 7.10. The van der Waals surface area contributed by atoms with E-state index in [1.165, 1.54) is 0 Å². The van der Waals surface area contributed by atoms with Crippen molar-refractivity contribution in [2.45, 2.75) is 18.9 Å². The van der Waals surface area contributed by atoms with Crippen LogP contribution >= 0.6 is 22.7 Å². The fourth-order valence-corrected chi connectivity index (χ4v) is 3.28. The second-order valence-corrected chi connectivity index (χ2v) is 5.59. The number of nitrogens with two attached hydrogens (primary N) is 1. The Morgan fingerprint density at radius 2 is 2.28 bits per heavy atom. The molecule has 0 fully saturated rings. The number of esters is 1. The third-order valence-electron chi connectivity index (χ3n) is 2.67. The van der Waals surface area contributed by atoms with E-state index in [0.717, 1.165) is 10.4 Å². The van der Waals surface area contributed by atoms with Crippen LogP contribution in [0.1, 0.15) is 29.3 Å². The molecular weight excluding hydrogens is 266 g/mol. The van der Waals surface area contributed by atoms with Gasteiger partial charge in [-0.2, -0.15) is 11.3 Å². The van der Waals surface area contributed by atoms with Crippen molar-refractivity contribution >= 4 is 28.6 Å². The van der Waals surface area contributed by atoms with Gasteiger partial charge in [0.15, 0.2) is 0 Å². The van der Waals surface area contributed by atoms with E-state index < -0.39 is 5.92 Å². The van der Waals surface area contributed by atoms with E-state index in [0.29, 0.717) is 6.61 Å². The van der Waals surface area contributed by atoms with Crippen molar-refractivity contribution in [1.29, 1.82) is 0 Å². The number of carbonyl (C=O) groups excluding carboxylic acids is 1. The van der Waals surface area contributed by atoms with E-state index in [1.807, 2.05) is 34.3 Å². The lowest BCUT2D eigenvalue weighted by atomic mass is 9.93. The summed E-state index contributed by atoms with van der Waals surface area (Å²) >= 11 is 3.12. The first kappa shape index (κ1) is 13.3. The van der Waals surface area contributed by atoms with Crippen molar-refractivity contribution in [2.75, 3.05) is 6.61 Å². The Balaban J connectivity index is 2.27. The van der Waals surface area contributed by atoms with Gasteiger partial charge in [-0.1, -0.05) is 6.07 Å². The zero-order valence-electron chi connectivity index (χ0n) is 10.0. The SMILES string of the molecule is CCOC(=O)C(c1ccsc1)C(N)c1cccs1. The molecule has 0 bridgehead atoms. The van der Waals surface area contributed by atoms with Crippen LogP contribution in [-0.2, 0) is 9.53 Å². The summed E-state index contributed by atoms with van der Waals surface area (Å²) < 4.78 is 5.14. The Hall–Kier alpha value is -1.17. The van der Waals surface area contributed by atoms with E-state index in [2.05, 4.69) is 0 Å². The molecule has 2 aromatic heterocycles. The monoisotopic (exact) mass is 281 g/mol. The first-order valence-electron chi connectivity index (χ1n) is 5.71. The molecule has 0 aliphatic rings. The Kier molecular flexibility index (Phi) is 4.52. The van der Waals surface area contributed by atoms with Crippen LogP contribution in [0.3, 0.4) is 0 Å². The van der Waals surface area contributed by atoms with Gasteiger partial charge in [0.25, 0.3) is 0 Å². The number of hydrogen-bond acceptors (Lipinski definition) is 5. The lowest BCUT2D eigenvalue weighted by Gasteiger charge is -2.20. The molecular formula is C13H15NO2S2. The second kappa shape index (κ2) is 6.13. The highest BCUT2D eigenvalue weighted by atomic mass is 32.1. The van der Waals surface area contributed by atoms with E-state index >= 15 is 0 Å². The summed E-state index contributed by atoms with van der Waals surface area (Å²) in [7, 11) is 0. The van der Waals surface area contributed by atoms with E-state index in [4.69, 9.17) is 10.5 Å². The largest absolute Gasteiger partial charge is 0.465 e.